The van der Waals surface area contributed by atoms with Gasteiger partial charge in [0.2, 0.25) is 11.8 Å². The third-order valence-corrected chi connectivity index (χ3v) is 6.39. The highest BCUT2D eigenvalue weighted by Gasteiger charge is 2.26. The predicted octanol–water partition coefficient (Wildman–Crippen LogP) is 2.74. The number of halogens is 1. The largest absolute Gasteiger partial charge is 0.376 e. The maximum absolute atomic E-state index is 13.2. The summed E-state index contributed by atoms with van der Waals surface area (Å²) in [5.74, 6) is 0.420. The summed E-state index contributed by atoms with van der Waals surface area (Å²) in [7, 11) is 0. The van der Waals surface area contributed by atoms with Crippen LogP contribution in [0, 0.1) is 5.82 Å². The van der Waals surface area contributed by atoms with E-state index in [0.717, 1.165) is 43.8 Å². The van der Waals surface area contributed by atoms with E-state index < -0.39 is 0 Å². The quantitative estimate of drug-likeness (QED) is 0.621. The van der Waals surface area contributed by atoms with Crippen LogP contribution in [0.5, 0.6) is 0 Å². The molecule has 0 spiro atoms. The molecule has 1 aromatic carbocycles. The molecule has 0 N–H and O–H groups in total. The molecule has 1 atom stereocenters. The van der Waals surface area contributed by atoms with Gasteiger partial charge in [0.25, 0.3) is 0 Å². The van der Waals surface area contributed by atoms with Crippen molar-refractivity contribution in [1.29, 1.82) is 0 Å². The molecule has 182 valence electrons. The van der Waals surface area contributed by atoms with Gasteiger partial charge in [-0.1, -0.05) is 6.92 Å². The van der Waals surface area contributed by atoms with Gasteiger partial charge in [0.1, 0.15) is 5.82 Å². The molecule has 2 fully saturated rings. The van der Waals surface area contributed by atoms with Gasteiger partial charge in [-0.25, -0.2) is 4.39 Å². The van der Waals surface area contributed by atoms with E-state index in [1.54, 1.807) is 17.0 Å². The molecule has 0 saturated carbocycles. The maximum Gasteiger partial charge on any atom is 0.242 e. The van der Waals surface area contributed by atoms with Crippen molar-refractivity contribution >= 4 is 17.6 Å². The summed E-state index contributed by atoms with van der Waals surface area (Å²) in [6, 6.07) is 9.96. The number of rotatable bonds is 7. The molecule has 0 radical (unpaired) electrons. The van der Waals surface area contributed by atoms with Gasteiger partial charge in [-0.3, -0.25) is 9.59 Å². The number of ether oxygens (including phenoxy) is 1. The first-order valence-corrected chi connectivity index (χ1v) is 12.0. The van der Waals surface area contributed by atoms with E-state index in [4.69, 9.17) is 4.74 Å². The van der Waals surface area contributed by atoms with E-state index in [-0.39, 0.29) is 30.3 Å². The third-order valence-electron chi connectivity index (χ3n) is 6.39. The molecule has 0 unspecified atom stereocenters. The van der Waals surface area contributed by atoms with E-state index in [2.05, 4.69) is 15.1 Å². The SMILES string of the molecule is CCC(=O)N(CC(=O)N1CCCN(c2ccc(-c3ccc(F)cc3)nn2)CC1)C[C@@H]1CCCO1. The normalized spacial score (nSPS) is 18.6. The monoisotopic (exact) mass is 469 g/mol. The number of anilines is 1. The van der Waals surface area contributed by atoms with Crippen molar-refractivity contribution in [3.63, 3.8) is 0 Å². The summed E-state index contributed by atoms with van der Waals surface area (Å²) in [5, 5.41) is 8.67. The lowest BCUT2D eigenvalue weighted by atomic mass is 10.1. The van der Waals surface area contributed by atoms with Gasteiger partial charge in [-0.05, 0) is 55.7 Å². The zero-order valence-corrected chi connectivity index (χ0v) is 19.7. The molecular formula is C25H32FN5O3. The minimum Gasteiger partial charge on any atom is -0.376 e. The Labute approximate surface area is 199 Å². The highest BCUT2D eigenvalue weighted by molar-refractivity contribution is 5.84. The van der Waals surface area contributed by atoms with Crippen LogP contribution in [0.1, 0.15) is 32.6 Å². The van der Waals surface area contributed by atoms with Crippen molar-refractivity contribution in [2.75, 3.05) is 50.8 Å². The van der Waals surface area contributed by atoms with Gasteiger partial charge >= 0.3 is 0 Å². The Bertz CT molecular complexity index is 964. The molecule has 2 aromatic rings. The molecule has 8 nitrogen and oxygen atoms in total. The Balaban J connectivity index is 1.34. The van der Waals surface area contributed by atoms with E-state index in [1.807, 2.05) is 24.0 Å². The number of benzene rings is 1. The summed E-state index contributed by atoms with van der Waals surface area (Å²) in [5.41, 5.74) is 1.49. The molecule has 2 saturated heterocycles. The van der Waals surface area contributed by atoms with Crippen molar-refractivity contribution in [2.24, 2.45) is 0 Å². The molecule has 2 aliphatic rings. The van der Waals surface area contributed by atoms with Crippen LogP contribution in [-0.2, 0) is 14.3 Å². The summed E-state index contributed by atoms with van der Waals surface area (Å²) >= 11 is 0. The first kappa shape index (κ1) is 24.1. The number of hydrogen-bond acceptors (Lipinski definition) is 6. The number of amides is 2. The zero-order chi connectivity index (χ0) is 23.9. The lowest BCUT2D eigenvalue weighted by Gasteiger charge is -2.28. The van der Waals surface area contributed by atoms with Crippen LogP contribution in [-0.4, -0.2) is 83.8 Å². The molecule has 2 aliphatic heterocycles. The Morgan fingerprint density at radius 2 is 1.88 bits per heavy atom. The summed E-state index contributed by atoms with van der Waals surface area (Å²) < 4.78 is 18.8. The second kappa shape index (κ2) is 11.4. The van der Waals surface area contributed by atoms with Crippen molar-refractivity contribution in [3.8, 4) is 11.3 Å². The average Bonchev–Trinajstić information content (AvgIpc) is 3.25. The van der Waals surface area contributed by atoms with Crippen LogP contribution >= 0.6 is 0 Å². The third kappa shape index (κ3) is 6.08. The van der Waals surface area contributed by atoms with Gasteiger partial charge in [0.15, 0.2) is 5.82 Å². The molecule has 0 bridgehead atoms. The standard InChI is InChI=1S/C25H32FN5O3/c1-2-24(32)31(17-21-5-3-16-34-21)18-25(33)30-13-4-12-29(14-15-30)23-11-10-22(27-28-23)19-6-8-20(26)9-7-19/h6-11,21H,2-5,12-18H2,1H3/t21-/m0/s1. The first-order valence-electron chi connectivity index (χ1n) is 12.0. The summed E-state index contributed by atoms with van der Waals surface area (Å²) in [6.07, 6.45) is 3.14. The lowest BCUT2D eigenvalue weighted by Crippen LogP contribution is -2.46. The fourth-order valence-electron chi connectivity index (χ4n) is 4.44. The van der Waals surface area contributed by atoms with Gasteiger partial charge in [-0.15, -0.1) is 10.2 Å². The Morgan fingerprint density at radius 1 is 1.06 bits per heavy atom. The second-order valence-electron chi connectivity index (χ2n) is 8.77. The fraction of sp³-hybridized carbons (Fsp3) is 0.520. The zero-order valence-electron chi connectivity index (χ0n) is 19.7. The molecule has 3 heterocycles. The minimum absolute atomic E-state index is 0.0168. The molecule has 34 heavy (non-hydrogen) atoms. The molecule has 9 heteroatoms. The molecule has 2 amide bonds. The van der Waals surface area contributed by atoms with Crippen LogP contribution in [0.15, 0.2) is 36.4 Å². The van der Waals surface area contributed by atoms with E-state index in [9.17, 15) is 14.0 Å². The van der Waals surface area contributed by atoms with Gasteiger partial charge in [0, 0.05) is 51.3 Å². The van der Waals surface area contributed by atoms with Crippen molar-refractivity contribution < 1.29 is 18.7 Å². The van der Waals surface area contributed by atoms with Gasteiger partial charge in [-0.2, -0.15) is 0 Å². The predicted molar refractivity (Wildman–Crippen MR) is 127 cm³/mol. The van der Waals surface area contributed by atoms with Crippen molar-refractivity contribution in [1.82, 2.24) is 20.0 Å². The molecule has 4 rings (SSSR count). The Hall–Kier alpha value is -3.07. The minimum atomic E-state index is -0.286. The van der Waals surface area contributed by atoms with E-state index in [1.165, 1.54) is 12.1 Å². The Morgan fingerprint density at radius 3 is 2.56 bits per heavy atom. The molecule has 1 aromatic heterocycles. The van der Waals surface area contributed by atoms with Crippen LogP contribution < -0.4 is 4.90 Å². The van der Waals surface area contributed by atoms with Crippen molar-refractivity contribution in [3.05, 3.63) is 42.2 Å². The van der Waals surface area contributed by atoms with Crippen molar-refractivity contribution in [2.45, 2.75) is 38.7 Å². The lowest BCUT2D eigenvalue weighted by molar-refractivity contribution is -0.141. The fourth-order valence-corrected chi connectivity index (χ4v) is 4.44. The van der Waals surface area contributed by atoms with Crippen LogP contribution in [0.25, 0.3) is 11.3 Å². The highest BCUT2D eigenvalue weighted by atomic mass is 19.1. The summed E-state index contributed by atoms with van der Waals surface area (Å²) in [6.45, 7) is 5.74. The number of carbonyl (C=O) groups excluding carboxylic acids is 2. The molecular weight excluding hydrogens is 437 g/mol. The highest BCUT2D eigenvalue weighted by Crippen LogP contribution is 2.20. The summed E-state index contributed by atoms with van der Waals surface area (Å²) in [4.78, 5) is 31.1. The van der Waals surface area contributed by atoms with E-state index in [0.29, 0.717) is 38.3 Å². The smallest absolute Gasteiger partial charge is 0.242 e. The van der Waals surface area contributed by atoms with Gasteiger partial charge in [0.05, 0.1) is 18.3 Å². The first-order chi connectivity index (χ1) is 16.5. The maximum atomic E-state index is 13.2. The van der Waals surface area contributed by atoms with E-state index >= 15 is 0 Å². The number of aromatic nitrogens is 2. The molecule has 0 aliphatic carbocycles. The number of nitrogens with zero attached hydrogens (tertiary/aromatic N) is 5. The Kier molecular flexibility index (Phi) is 8.05. The second-order valence-corrected chi connectivity index (χ2v) is 8.77. The average molecular weight is 470 g/mol. The number of carbonyl (C=O) groups is 2. The van der Waals surface area contributed by atoms with Crippen LogP contribution in [0.4, 0.5) is 10.2 Å². The van der Waals surface area contributed by atoms with Crippen LogP contribution in [0.3, 0.4) is 0 Å². The number of hydrogen-bond donors (Lipinski definition) is 0. The topological polar surface area (TPSA) is 78.9 Å². The van der Waals surface area contributed by atoms with Gasteiger partial charge < -0.3 is 19.4 Å². The van der Waals surface area contributed by atoms with Crippen LogP contribution in [0.2, 0.25) is 0 Å².